The molecule has 5 heteroatoms. The Labute approximate surface area is 129 Å². The summed E-state index contributed by atoms with van der Waals surface area (Å²) in [5, 5.41) is 6.05. The Hall–Kier alpha value is -1.88. The van der Waals surface area contributed by atoms with Gasteiger partial charge in [0, 0.05) is 37.0 Å². The third-order valence-electron chi connectivity index (χ3n) is 3.29. The average molecular weight is 303 g/mol. The lowest BCUT2D eigenvalue weighted by Gasteiger charge is -2.18. The number of aromatic nitrogens is 1. The number of carbonyl (C=O) groups is 1. The molecule has 0 saturated heterocycles. The first kappa shape index (κ1) is 15.5. The normalized spacial score (nSPS) is 10.4. The quantitative estimate of drug-likeness (QED) is 0.889. The molecule has 112 valence electrons. The summed E-state index contributed by atoms with van der Waals surface area (Å²) in [6.07, 6.45) is 0.768. The third-order valence-corrected chi connectivity index (χ3v) is 4.20. The van der Waals surface area contributed by atoms with E-state index in [9.17, 15) is 4.79 Å². The van der Waals surface area contributed by atoms with Crippen LogP contribution in [0.1, 0.15) is 18.9 Å². The Morgan fingerprint density at radius 3 is 2.62 bits per heavy atom. The van der Waals surface area contributed by atoms with E-state index in [4.69, 9.17) is 0 Å². The van der Waals surface area contributed by atoms with Gasteiger partial charge in [-0.05, 0) is 13.8 Å². The standard InChI is InChI=1S/C16H21N3OS/c1-3-19(4-2)16(20)17-11-10-15-18-14(12-21-15)13-8-6-5-7-9-13/h5-9,12H,3-4,10-11H2,1-2H3,(H,17,20). The fraction of sp³-hybridized carbons (Fsp3) is 0.375. The molecular formula is C16H21N3OS. The molecule has 2 rings (SSSR count). The summed E-state index contributed by atoms with van der Waals surface area (Å²) in [6, 6.07) is 10.1. The SMILES string of the molecule is CCN(CC)C(=O)NCCc1nc(-c2ccccc2)cs1. The number of nitrogens with one attached hydrogen (secondary N) is 1. The van der Waals surface area contributed by atoms with Gasteiger partial charge in [-0.25, -0.2) is 9.78 Å². The summed E-state index contributed by atoms with van der Waals surface area (Å²) in [4.78, 5) is 18.2. The number of urea groups is 1. The van der Waals surface area contributed by atoms with Crippen LogP contribution >= 0.6 is 11.3 Å². The van der Waals surface area contributed by atoms with Gasteiger partial charge in [0.05, 0.1) is 10.7 Å². The summed E-state index contributed by atoms with van der Waals surface area (Å²) in [5.74, 6) is 0. The Bertz CT molecular complexity index is 564. The van der Waals surface area contributed by atoms with Crippen LogP contribution in [-0.2, 0) is 6.42 Å². The highest BCUT2D eigenvalue weighted by atomic mass is 32.1. The smallest absolute Gasteiger partial charge is 0.317 e. The maximum atomic E-state index is 11.8. The molecule has 1 aromatic carbocycles. The van der Waals surface area contributed by atoms with Crippen LogP contribution in [0.25, 0.3) is 11.3 Å². The van der Waals surface area contributed by atoms with Crippen LogP contribution in [-0.4, -0.2) is 35.5 Å². The molecule has 0 aliphatic heterocycles. The largest absolute Gasteiger partial charge is 0.338 e. The van der Waals surface area contributed by atoms with Crippen LogP contribution in [0.3, 0.4) is 0 Å². The number of rotatable bonds is 6. The highest BCUT2D eigenvalue weighted by Gasteiger charge is 2.09. The highest BCUT2D eigenvalue weighted by Crippen LogP contribution is 2.21. The van der Waals surface area contributed by atoms with Crippen LogP contribution in [0.4, 0.5) is 4.79 Å². The van der Waals surface area contributed by atoms with Crippen molar-refractivity contribution in [2.75, 3.05) is 19.6 Å². The second-order valence-corrected chi connectivity index (χ2v) is 5.59. The zero-order valence-electron chi connectivity index (χ0n) is 12.5. The van der Waals surface area contributed by atoms with Crippen LogP contribution < -0.4 is 5.32 Å². The van der Waals surface area contributed by atoms with Crippen molar-refractivity contribution in [1.82, 2.24) is 15.2 Å². The van der Waals surface area contributed by atoms with E-state index in [1.54, 1.807) is 16.2 Å². The Morgan fingerprint density at radius 2 is 1.95 bits per heavy atom. The number of amides is 2. The van der Waals surface area contributed by atoms with E-state index in [-0.39, 0.29) is 6.03 Å². The fourth-order valence-electron chi connectivity index (χ4n) is 2.07. The van der Waals surface area contributed by atoms with E-state index in [0.717, 1.165) is 35.8 Å². The molecule has 0 saturated carbocycles. The maximum Gasteiger partial charge on any atom is 0.317 e. The summed E-state index contributed by atoms with van der Waals surface area (Å²) < 4.78 is 0. The second-order valence-electron chi connectivity index (χ2n) is 4.65. The van der Waals surface area contributed by atoms with Crippen molar-refractivity contribution >= 4 is 17.4 Å². The van der Waals surface area contributed by atoms with Crippen molar-refractivity contribution in [2.24, 2.45) is 0 Å². The minimum atomic E-state index is -0.000149. The van der Waals surface area contributed by atoms with Gasteiger partial charge in [-0.3, -0.25) is 0 Å². The number of hydrogen-bond donors (Lipinski definition) is 1. The molecule has 0 spiro atoms. The van der Waals surface area contributed by atoms with Crippen molar-refractivity contribution in [1.29, 1.82) is 0 Å². The van der Waals surface area contributed by atoms with E-state index < -0.39 is 0 Å². The summed E-state index contributed by atoms with van der Waals surface area (Å²) in [6.45, 7) is 6.05. The molecule has 0 aliphatic rings. The fourth-order valence-corrected chi connectivity index (χ4v) is 2.87. The van der Waals surface area contributed by atoms with E-state index in [1.807, 2.05) is 32.0 Å². The van der Waals surface area contributed by atoms with Crippen molar-refractivity contribution < 1.29 is 4.79 Å². The Morgan fingerprint density at radius 1 is 1.24 bits per heavy atom. The maximum absolute atomic E-state index is 11.8. The predicted molar refractivity (Wildman–Crippen MR) is 87.6 cm³/mol. The third kappa shape index (κ3) is 4.29. The lowest BCUT2D eigenvalue weighted by atomic mass is 10.2. The molecule has 0 bridgehead atoms. The monoisotopic (exact) mass is 303 g/mol. The van der Waals surface area contributed by atoms with Gasteiger partial charge in [-0.1, -0.05) is 30.3 Å². The van der Waals surface area contributed by atoms with Crippen molar-refractivity contribution in [3.63, 3.8) is 0 Å². The van der Waals surface area contributed by atoms with Crippen LogP contribution in [0.15, 0.2) is 35.7 Å². The highest BCUT2D eigenvalue weighted by molar-refractivity contribution is 7.09. The second kappa shape index (κ2) is 7.78. The zero-order chi connectivity index (χ0) is 15.1. The van der Waals surface area contributed by atoms with Gasteiger partial charge in [0.2, 0.25) is 0 Å². The van der Waals surface area contributed by atoms with Gasteiger partial charge < -0.3 is 10.2 Å². The molecule has 0 radical (unpaired) electrons. The van der Waals surface area contributed by atoms with Crippen molar-refractivity contribution in [2.45, 2.75) is 20.3 Å². The Balaban J connectivity index is 1.85. The molecule has 0 atom stereocenters. The molecule has 1 aromatic heterocycles. The van der Waals surface area contributed by atoms with E-state index in [2.05, 4.69) is 27.8 Å². The van der Waals surface area contributed by atoms with Gasteiger partial charge in [-0.2, -0.15) is 0 Å². The van der Waals surface area contributed by atoms with Gasteiger partial charge >= 0.3 is 6.03 Å². The van der Waals surface area contributed by atoms with E-state index >= 15 is 0 Å². The first-order valence-corrected chi connectivity index (χ1v) is 8.15. The van der Waals surface area contributed by atoms with Crippen LogP contribution in [0.5, 0.6) is 0 Å². The lowest BCUT2D eigenvalue weighted by Crippen LogP contribution is -2.40. The summed E-state index contributed by atoms with van der Waals surface area (Å²) in [7, 11) is 0. The number of benzene rings is 1. The number of hydrogen-bond acceptors (Lipinski definition) is 3. The molecule has 1 heterocycles. The first-order valence-electron chi connectivity index (χ1n) is 7.27. The van der Waals surface area contributed by atoms with Crippen molar-refractivity contribution in [3.8, 4) is 11.3 Å². The topological polar surface area (TPSA) is 45.2 Å². The van der Waals surface area contributed by atoms with E-state index in [1.165, 1.54) is 0 Å². The average Bonchev–Trinajstić information content (AvgIpc) is 2.98. The molecule has 2 aromatic rings. The van der Waals surface area contributed by atoms with Gasteiger partial charge in [0.15, 0.2) is 0 Å². The Kier molecular flexibility index (Phi) is 5.75. The molecule has 0 aliphatic carbocycles. The minimum absolute atomic E-state index is 0.000149. The predicted octanol–water partition coefficient (Wildman–Crippen LogP) is 3.40. The molecule has 0 fully saturated rings. The molecule has 2 amide bonds. The summed E-state index contributed by atoms with van der Waals surface area (Å²) in [5.41, 5.74) is 2.14. The van der Waals surface area contributed by atoms with Crippen LogP contribution in [0, 0.1) is 0 Å². The first-order chi connectivity index (χ1) is 10.2. The zero-order valence-corrected chi connectivity index (χ0v) is 13.3. The van der Waals surface area contributed by atoms with Gasteiger partial charge in [-0.15, -0.1) is 11.3 Å². The number of thiazole rings is 1. The van der Waals surface area contributed by atoms with Crippen molar-refractivity contribution in [3.05, 3.63) is 40.7 Å². The van der Waals surface area contributed by atoms with E-state index in [0.29, 0.717) is 6.54 Å². The number of carbonyl (C=O) groups excluding carboxylic acids is 1. The summed E-state index contributed by atoms with van der Waals surface area (Å²) >= 11 is 1.64. The van der Waals surface area contributed by atoms with Crippen LogP contribution in [0.2, 0.25) is 0 Å². The minimum Gasteiger partial charge on any atom is -0.338 e. The molecule has 0 unspecified atom stereocenters. The molecular weight excluding hydrogens is 282 g/mol. The van der Waals surface area contributed by atoms with Gasteiger partial charge in [0.1, 0.15) is 0 Å². The molecule has 4 nitrogen and oxygen atoms in total. The van der Waals surface area contributed by atoms with Gasteiger partial charge in [0.25, 0.3) is 0 Å². The number of nitrogens with zero attached hydrogens (tertiary/aromatic N) is 2. The lowest BCUT2D eigenvalue weighted by molar-refractivity contribution is 0.203. The molecule has 21 heavy (non-hydrogen) atoms. The molecule has 1 N–H and O–H groups in total.